The van der Waals surface area contributed by atoms with Crippen molar-refractivity contribution in [3.63, 3.8) is 0 Å². The van der Waals surface area contributed by atoms with Crippen molar-refractivity contribution in [2.75, 3.05) is 0 Å². The molecule has 0 radical (unpaired) electrons. The molecule has 1 amide bonds. The molecule has 1 heterocycles. The summed E-state index contributed by atoms with van der Waals surface area (Å²) in [6, 6.07) is 16.4. The molecule has 3 aromatic rings. The lowest BCUT2D eigenvalue weighted by molar-refractivity contribution is 0.0947. The summed E-state index contributed by atoms with van der Waals surface area (Å²) in [5.41, 5.74) is 2.36. The molecule has 3 N–H and O–H groups in total. The second-order valence-corrected chi connectivity index (χ2v) is 4.62. The van der Waals surface area contributed by atoms with Crippen LogP contribution in [0.4, 0.5) is 0 Å². The van der Waals surface area contributed by atoms with Gasteiger partial charge in [-0.2, -0.15) is 0 Å². The number of phenols is 1. The summed E-state index contributed by atoms with van der Waals surface area (Å²) in [6.45, 7) is 0.486. The first-order valence-electron chi connectivity index (χ1n) is 6.36. The van der Waals surface area contributed by atoms with E-state index < -0.39 is 0 Å². The fourth-order valence-electron chi connectivity index (χ4n) is 2.12. The smallest absolute Gasteiger partial charge is 0.267 e. The van der Waals surface area contributed by atoms with Gasteiger partial charge in [-0.15, -0.1) is 0 Å². The fourth-order valence-corrected chi connectivity index (χ4v) is 2.12. The van der Waals surface area contributed by atoms with Gasteiger partial charge in [-0.25, -0.2) is 0 Å². The summed E-state index contributed by atoms with van der Waals surface area (Å²) < 4.78 is 0. The van der Waals surface area contributed by atoms with Crippen LogP contribution in [0, 0.1) is 0 Å². The van der Waals surface area contributed by atoms with Gasteiger partial charge in [-0.3, -0.25) is 4.79 Å². The normalized spacial score (nSPS) is 10.6. The van der Waals surface area contributed by atoms with E-state index in [1.165, 1.54) is 0 Å². The number of H-pyrrole nitrogens is 1. The topological polar surface area (TPSA) is 65.1 Å². The lowest BCUT2D eigenvalue weighted by Crippen LogP contribution is -2.22. The molecule has 0 aliphatic carbocycles. The van der Waals surface area contributed by atoms with E-state index in [0.717, 1.165) is 16.5 Å². The summed E-state index contributed by atoms with van der Waals surface area (Å²) in [5, 5.41) is 13.1. The van der Waals surface area contributed by atoms with Crippen molar-refractivity contribution in [2.45, 2.75) is 6.54 Å². The molecular formula is C16H14N2O2. The summed E-state index contributed by atoms with van der Waals surface area (Å²) in [6.07, 6.45) is 0. The zero-order valence-corrected chi connectivity index (χ0v) is 10.8. The zero-order valence-electron chi connectivity index (χ0n) is 10.8. The van der Waals surface area contributed by atoms with E-state index in [2.05, 4.69) is 10.3 Å². The van der Waals surface area contributed by atoms with Gasteiger partial charge in [0.25, 0.3) is 5.91 Å². The number of benzene rings is 2. The SMILES string of the molecule is O=C(NCc1ccccc1)c1cc2cc(O)ccc2[nH]1. The number of carbonyl (C=O) groups excluding carboxylic acids is 1. The van der Waals surface area contributed by atoms with Crippen molar-refractivity contribution < 1.29 is 9.90 Å². The molecular weight excluding hydrogens is 252 g/mol. The molecule has 0 saturated carbocycles. The molecule has 100 valence electrons. The van der Waals surface area contributed by atoms with Crippen LogP contribution < -0.4 is 5.32 Å². The predicted molar refractivity (Wildman–Crippen MR) is 77.6 cm³/mol. The van der Waals surface area contributed by atoms with E-state index in [9.17, 15) is 9.90 Å². The number of nitrogens with one attached hydrogen (secondary N) is 2. The summed E-state index contributed by atoms with van der Waals surface area (Å²) >= 11 is 0. The maximum absolute atomic E-state index is 12.1. The number of rotatable bonds is 3. The molecule has 4 heteroatoms. The van der Waals surface area contributed by atoms with E-state index in [-0.39, 0.29) is 11.7 Å². The van der Waals surface area contributed by atoms with Crippen molar-refractivity contribution in [3.8, 4) is 5.75 Å². The predicted octanol–water partition coefficient (Wildman–Crippen LogP) is 2.80. The van der Waals surface area contributed by atoms with E-state index in [1.807, 2.05) is 30.3 Å². The summed E-state index contributed by atoms with van der Waals surface area (Å²) in [4.78, 5) is 15.1. The standard InChI is InChI=1S/C16H14N2O2/c19-13-6-7-14-12(8-13)9-15(18-14)16(20)17-10-11-4-2-1-3-5-11/h1-9,18-19H,10H2,(H,17,20). The first-order valence-corrected chi connectivity index (χ1v) is 6.36. The molecule has 0 saturated heterocycles. The van der Waals surface area contributed by atoms with Crippen molar-refractivity contribution in [1.82, 2.24) is 10.3 Å². The molecule has 2 aromatic carbocycles. The fraction of sp³-hybridized carbons (Fsp3) is 0.0625. The van der Waals surface area contributed by atoms with Crippen LogP contribution in [-0.2, 0) is 6.54 Å². The van der Waals surface area contributed by atoms with Gasteiger partial charge in [-0.1, -0.05) is 30.3 Å². The Bertz CT molecular complexity index is 748. The van der Waals surface area contributed by atoms with Crippen molar-refractivity contribution in [3.05, 3.63) is 65.9 Å². The summed E-state index contributed by atoms with van der Waals surface area (Å²) in [5.74, 6) is 0.0253. The Morgan fingerprint density at radius 2 is 1.90 bits per heavy atom. The number of fused-ring (bicyclic) bond motifs is 1. The zero-order chi connectivity index (χ0) is 13.9. The highest BCUT2D eigenvalue weighted by atomic mass is 16.3. The van der Waals surface area contributed by atoms with E-state index in [4.69, 9.17) is 0 Å². The third-order valence-corrected chi connectivity index (χ3v) is 3.14. The second-order valence-electron chi connectivity index (χ2n) is 4.62. The van der Waals surface area contributed by atoms with E-state index >= 15 is 0 Å². The van der Waals surface area contributed by atoms with Crippen LogP contribution in [0.5, 0.6) is 5.75 Å². The van der Waals surface area contributed by atoms with Gasteiger partial charge in [0.15, 0.2) is 0 Å². The van der Waals surface area contributed by atoms with Crippen LogP contribution >= 0.6 is 0 Å². The Balaban J connectivity index is 1.75. The largest absolute Gasteiger partial charge is 0.508 e. The number of hydrogen-bond acceptors (Lipinski definition) is 2. The minimum absolute atomic E-state index is 0.162. The molecule has 0 aliphatic heterocycles. The lowest BCUT2D eigenvalue weighted by Gasteiger charge is -2.03. The molecule has 0 bridgehead atoms. The van der Waals surface area contributed by atoms with Gasteiger partial charge >= 0.3 is 0 Å². The lowest BCUT2D eigenvalue weighted by atomic mass is 10.2. The first kappa shape index (κ1) is 12.3. The highest BCUT2D eigenvalue weighted by molar-refractivity contribution is 5.98. The summed E-state index contributed by atoms with van der Waals surface area (Å²) in [7, 11) is 0. The molecule has 20 heavy (non-hydrogen) atoms. The average molecular weight is 266 g/mol. The van der Waals surface area contributed by atoms with Gasteiger partial charge in [0, 0.05) is 17.4 Å². The molecule has 0 aliphatic rings. The Morgan fingerprint density at radius 1 is 1.10 bits per heavy atom. The molecule has 1 aromatic heterocycles. The van der Waals surface area contributed by atoms with E-state index in [0.29, 0.717) is 12.2 Å². The molecule has 0 fully saturated rings. The maximum Gasteiger partial charge on any atom is 0.267 e. The molecule has 4 nitrogen and oxygen atoms in total. The number of aromatic hydroxyl groups is 1. The Labute approximate surface area is 116 Å². The number of aromatic amines is 1. The maximum atomic E-state index is 12.1. The van der Waals surface area contributed by atoms with Crippen molar-refractivity contribution in [2.24, 2.45) is 0 Å². The van der Waals surface area contributed by atoms with Gasteiger partial charge in [0.1, 0.15) is 11.4 Å². The monoisotopic (exact) mass is 266 g/mol. The van der Waals surface area contributed by atoms with Crippen LogP contribution in [0.3, 0.4) is 0 Å². The molecule has 0 atom stereocenters. The van der Waals surface area contributed by atoms with Crippen LogP contribution in [0.2, 0.25) is 0 Å². The van der Waals surface area contributed by atoms with Gasteiger partial charge in [-0.05, 0) is 29.8 Å². The highest BCUT2D eigenvalue weighted by Crippen LogP contribution is 2.20. The Hall–Kier alpha value is -2.75. The van der Waals surface area contributed by atoms with E-state index in [1.54, 1.807) is 24.3 Å². The van der Waals surface area contributed by atoms with Gasteiger partial charge in [0.2, 0.25) is 0 Å². The quantitative estimate of drug-likeness (QED) is 0.682. The number of aromatic nitrogens is 1. The Kier molecular flexibility index (Phi) is 3.13. The number of phenolic OH excluding ortho intramolecular Hbond substituents is 1. The van der Waals surface area contributed by atoms with Crippen LogP contribution in [0.15, 0.2) is 54.6 Å². The number of carbonyl (C=O) groups is 1. The molecule has 0 spiro atoms. The Morgan fingerprint density at radius 3 is 2.70 bits per heavy atom. The minimum atomic E-state index is -0.162. The molecule has 0 unspecified atom stereocenters. The van der Waals surface area contributed by atoms with Crippen molar-refractivity contribution in [1.29, 1.82) is 0 Å². The first-order chi connectivity index (χ1) is 9.72. The number of amides is 1. The molecule has 3 rings (SSSR count). The van der Waals surface area contributed by atoms with Crippen LogP contribution in [-0.4, -0.2) is 16.0 Å². The highest BCUT2D eigenvalue weighted by Gasteiger charge is 2.09. The minimum Gasteiger partial charge on any atom is -0.508 e. The van der Waals surface area contributed by atoms with Crippen LogP contribution in [0.1, 0.15) is 16.1 Å². The number of hydrogen-bond donors (Lipinski definition) is 3. The third kappa shape index (κ3) is 2.49. The van der Waals surface area contributed by atoms with Crippen molar-refractivity contribution >= 4 is 16.8 Å². The van der Waals surface area contributed by atoms with Gasteiger partial charge < -0.3 is 15.4 Å². The average Bonchev–Trinajstić information content (AvgIpc) is 2.89. The van der Waals surface area contributed by atoms with Crippen LogP contribution in [0.25, 0.3) is 10.9 Å². The third-order valence-electron chi connectivity index (χ3n) is 3.14. The second kappa shape index (κ2) is 5.09. The van der Waals surface area contributed by atoms with Gasteiger partial charge in [0.05, 0.1) is 0 Å².